The smallest absolute Gasteiger partial charge is 0.338 e. The lowest BCUT2D eigenvalue weighted by Crippen LogP contribution is -2.57. The third kappa shape index (κ3) is 3.98. The molecule has 0 unspecified atom stereocenters. The van der Waals surface area contributed by atoms with Gasteiger partial charge in [0.1, 0.15) is 0 Å². The summed E-state index contributed by atoms with van der Waals surface area (Å²) in [7, 11) is 1.25. The first-order valence-corrected chi connectivity index (χ1v) is 7.36. The van der Waals surface area contributed by atoms with E-state index in [1.807, 2.05) is 32.6 Å². The lowest BCUT2D eigenvalue weighted by molar-refractivity contribution is -0.384. The Morgan fingerprint density at radius 1 is 1.22 bits per heavy atom. The van der Waals surface area contributed by atoms with Crippen molar-refractivity contribution in [3.8, 4) is 0 Å². The predicted molar refractivity (Wildman–Crippen MR) is 85.9 cm³/mol. The number of nitro benzene ring substituents is 1. The van der Waals surface area contributed by atoms with Gasteiger partial charge in [0.15, 0.2) is 0 Å². The summed E-state index contributed by atoms with van der Waals surface area (Å²) in [5.74, 6) is -0.596. The van der Waals surface area contributed by atoms with Crippen LogP contribution in [0.2, 0.25) is 0 Å². The third-order valence-corrected chi connectivity index (χ3v) is 3.60. The molecule has 1 heterocycles. The largest absolute Gasteiger partial charge is 0.465 e. The van der Waals surface area contributed by atoms with E-state index in [0.717, 1.165) is 0 Å². The molecule has 0 bridgehead atoms. The summed E-state index contributed by atoms with van der Waals surface area (Å²) >= 11 is 0. The fourth-order valence-electron chi connectivity index (χ4n) is 3.09. The van der Waals surface area contributed by atoms with E-state index in [2.05, 4.69) is 0 Å². The summed E-state index contributed by atoms with van der Waals surface area (Å²) in [5, 5.41) is 11.2. The highest BCUT2D eigenvalue weighted by Gasteiger charge is 2.38. The number of ether oxygens (including phenoxy) is 2. The molecule has 0 saturated carbocycles. The van der Waals surface area contributed by atoms with E-state index in [1.54, 1.807) is 6.07 Å². The Balaban J connectivity index is 2.47. The third-order valence-electron chi connectivity index (χ3n) is 3.60. The molecule has 0 aliphatic carbocycles. The Morgan fingerprint density at radius 3 is 2.26 bits per heavy atom. The van der Waals surface area contributed by atoms with Gasteiger partial charge >= 0.3 is 5.97 Å². The van der Waals surface area contributed by atoms with E-state index >= 15 is 0 Å². The van der Waals surface area contributed by atoms with Gasteiger partial charge in [-0.1, -0.05) is 0 Å². The molecular formula is C16H22N2O5. The second-order valence-electron chi connectivity index (χ2n) is 6.96. The summed E-state index contributed by atoms with van der Waals surface area (Å²) < 4.78 is 10.7. The van der Waals surface area contributed by atoms with Crippen molar-refractivity contribution in [3.05, 3.63) is 33.9 Å². The van der Waals surface area contributed by atoms with Gasteiger partial charge in [-0.25, -0.2) is 4.79 Å². The number of anilines is 1. The number of nitrogens with zero attached hydrogens (tertiary/aromatic N) is 2. The molecule has 0 aromatic heterocycles. The summed E-state index contributed by atoms with van der Waals surface area (Å²) in [6, 6.07) is 4.33. The van der Waals surface area contributed by atoms with E-state index in [9.17, 15) is 14.9 Å². The first-order valence-electron chi connectivity index (χ1n) is 7.36. The summed E-state index contributed by atoms with van der Waals surface area (Å²) in [6.45, 7) is 9.02. The van der Waals surface area contributed by atoms with Gasteiger partial charge < -0.3 is 14.4 Å². The molecule has 1 aromatic carbocycles. The average molecular weight is 322 g/mol. The predicted octanol–water partition coefficient (Wildman–Crippen LogP) is 2.78. The maximum absolute atomic E-state index is 11.8. The number of morpholine rings is 1. The van der Waals surface area contributed by atoms with Crippen LogP contribution in [-0.4, -0.2) is 42.3 Å². The van der Waals surface area contributed by atoms with Crippen LogP contribution >= 0.6 is 0 Å². The van der Waals surface area contributed by atoms with Gasteiger partial charge in [-0.05, 0) is 33.8 Å². The minimum atomic E-state index is -0.596. The van der Waals surface area contributed by atoms with E-state index < -0.39 is 22.1 Å². The maximum atomic E-state index is 11.8. The minimum absolute atomic E-state index is 0.134. The molecule has 1 aromatic rings. The quantitative estimate of drug-likeness (QED) is 0.483. The van der Waals surface area contributed by atoms with Crippen LogP contribution < -0.4 is 4.90 Å². The fraction of sp³-hybridized carbons (Fsp3) is 0.562. The molecule has 1 fully saturated rings. The Bertz CT molecular complexity index is 623. The van der Waals surface area contributed by atoms with Crippen molar-refractivity contribution >= 4 is 17.3 Å². The summed E-state index contributed by atoms with van der Waals surface area (Å²) in [6.07, 6.45) is 0. The minimum Gasteiger partial charge on any atom is -0.465 e. The molecule has 1 aliphatic rings. The van der Waals surface area contributed by atoms with Crippen LogP contribution in [-0.2, 0) is 9.47 Å². The van der Waals surface area contributed by atoms with Crippen molar-refractivity contribution in [2.45, 2.75) is 38.9 Å². The molecule has 0 N–H and O–H groups in total. The van der Waals surface area contributed by atoms with Gasteiger partial charge in [0.25, 0.3) is 5.69 Å². The van der Waals surface area contributed by atoms with E-state index in [1.165, 1.54) is 19.2 Å². The van der Waals surface area contributed by atoms with Gasteiger partial charge in [-0.2, -0.15) is 0 Å². The van der Waals surface area contributed by atoms with Gasteiger partial charge in [0.2, 0.25) is 0 Å². The second kappa shape index (κ2) is 5.81. The first-order chi connectivity index (χ1) is 10.5. The van der Waals surface area contributed by atoms with Crippen LogP contribution in [0.1, 0.15) is 38.1 Å². The van der Waals surface area contributed by atoms with Crippen molar-refractivity contribution < 1.29 is 19.2 Å². The molecule has 0 atom stereocenters. The monoisotopic (exact) mass is 322 g/mol. The fourth-order valence-corrected chi connectivity index (χ4v) is 3.09. The molecule has 7 heteroatoms. The highest BCUT2D eigenvalue weighted by molar-refractivity contribution is 5.91. The Hall–Kier alpha value is -2.15. The highest BCUT2D eigenvalue weighted by Crippen LogP contribution is 2.33. The number of benzene rings is 1. The molecule has 0 spiro atoms. The molecule has 0 amide bonds. The van der Waals surface area contributed by atoms with Crippen LogP contribution in [0, 0.1) is 10.1 Å². The van der Waals surface area contributed by atoms with Crippen LogP contribution in [0.4, 0.5) is 11.4 Å². The van der Waals surface area contributed by atoms with Crippen LogP contribution in [0.3, 0.4) is 0 Å². The molecule has 0 radical (unpaired) electrons. The van der Waals surface area contributed by atoms with Crippen molar-refractivity contribution in [1.29, 1.82) is 0 Å². The van der Waals surface area contributed by atoms with Gasteiger partial charge in [-0.15, -0.1) is 0 Å². The summed E-state index contributed by atoms with van der Waals surface area (Å²) in [4.78, 5) is 24.4. The lowest BCUT2D eigenvalue weighted by Gasteiger charge is -2.48. The number of non-ortho nitro benzene ring substituents is 1. The Morgan fingerprint density at radius 2 is 1.78 bits per heavy atom. The number of carbonyl (C=O) groups excluding carboxylic acids is 1. The number of carbonyl (C=O) groups is 1. The van der Waals surface area contributed by atoms with Crippen LogP contribution in [0.15, 0.2) is 18.2 Å². The van der Waals surface area contributed by atoms with E-state index in [0.29, 0.717) is 18.8 Å². The zero-order valence-electron chi connectivity index (χ0n) is 14.1. The molecule has 23 heavy (non-hydrogen) atoms. The molecule has 1 saturated heterocycles. The zero-order valence-corrected chi connectivity index (χ0v) is 14.1. The number of nitro groups is 1. The average Bonchev–Trinajstić information content (AvgIpc) is 2.42. The van der Waals surface area contributed by atoms with Crippen molar-refractivity contribution in [2.24, 2.45) is 0 Å². The van der Waals surface area contributed by atoms with Gasteiger partial charge in [0.05, 0.1) is 28.8 Å². The molecule has 2 rings (SSSR count). The SMILES string of the molecule is COC(=O)c1cc(N2CC(C)(C)OC(C)(C)C2)cc([N+](=O)[O-])c1. The standard InChI is InChI=1S/C16H22N2O5/c1-15(2)9-17(10-16(3,4)23-15)12-6-11(14(19)22-5)7-13(8-12)18(20)21/h6-8H,9-10H2,1-5H3. The molecular weight excluding hydrogens is 300 g/mol. The van der Waals surface area contributed by atoms with Crippen LogP contribution in [0.25, 0.3) is 0 Å². The number of hydrogen-bond donors (Lipinski definition) is 0. The normalized spacial score (nSPS) is 19.3. The van der Waals surface area contributed by atoms with Crippen LogP contribution in [0.5, 0.6) is 0 Å². The zero-order chi connectivity index (χ0) is 17.4. The molecule has 126 valence electrons. The van der Waals surface area contributed by atoms with E-state index in [4.69, 9.17) is 9.47 Å². The number of esters is 1. The first kappa shape index (κ1) is 17.2. The maximum Gasteiger partial charge on any atom is 0.338 e. The second-order valence-corrected chi connectivity index (χ2v) is 6.96. The topological polar surface area (TPSA) is 81.9 Å². The van der Waals surface area contributed by atoms with Crippen molar-refractivity contribution in [1.82, 2.24) is 0 Å². The van der Waals surface area contributed by atoms with Crippen molar-refractivity contribution in [3.63, 3.8) is 0 Å². The Labute approximate surface area is 135 Å². The number of rotatable bonds is 3. The lowest BCUT2D eigenvalue weighted by atomic mass is 9.98. The van der Waals surface area contributed by atoms with E-state index in [-0.39, 0.29) is 11.3 Å². The van der Waals surface area contributed by atoms with Gasteiger partial charge in [-0.3, -0.25) is 10.1 Å². The summed E-state index contributed by atoms with van der Waals surface area (Å²) in [5.41, 5.74) is -0.164. The number of hydrogen-bond acceptors (Lipinski definition) is 6. The molecule has 1 aliphatic heterocycles. The van der Waals surface area contributed by atoms with Gasteiger partial charge in [0, 0.05) is 30.9 Å². The van der Waals surface area contributed by atoms with Crippen molar-refractivity contribution in [2.75, 3.05) is 25.1 Å². The highest BCUT2D eigenvalue weighted by atomic mass is 16.6. The Kier molecular flexibility index (Phi) is 4.34. The molecule has 7 nitrogen and oxygen atoms in total. The number of methoxy groups -OCH3 is 1.